The minimum atomic E-state index is 0.634. The van der Waals surface area contributed by atoms with Crippen LogP contribution in [0.3, 0.4) is 0 Å². The van der Waals surface area contributed by atoms with Gasteiger partial charge in [-0.2, -0.15) is 0 Å². The van der Waals surface area contributed by atoms with Gasteiger partial charge in [0.2, 0.25) is 0 Å². The van der Waals surface area contributed by atoms with Crippen LogP contribution in [0.4, 0.5) is 0 Å². The van der Waals surface area contributed by atoms with Gasteiger partial charge in [0.25, 0.3) is 0 Å². The number of nitrogens with zero attached hydrogens (tertiary/aromatic N) is 3. The Morgan fingerprint density at radius 3 is 2.48 bits per heavy atom. The highest BCUT2D eigenvalue weighted by Gasteiger charge is 2.15. The molecule has 0 saturated carbocycles. The van der Waals surface area contributed by atoms with E-state index in [0.717, 1.165) is 34.4 Å². The van der Waals surface area contributed by atoms with Gasteiger partial charge in [-0.3, -0.25) is 0 Å². The number of benzene rings is 2. The number of thioether (sulfide) groups is 1. The molecule has 3 aromatic rings. The van der Waals surface area contributed by atoms with Crippen LogP contribution in [0.1, 0.15) is 12.5 Å². The molecule has 0 atom stereocenters. The van der Waals surface area contributed by atoms with E-state index in [9.17, 15) is 0 Å². The smallest absolute Gasteiger partial charge is 0.191 e. The normalized spacial score (nSPS) is 10.9. The monoisotopic (exact) mass is 393 g/mol. The molecule has 0 radical (unpaired) electrons. The lowest BCUT2D eigenvalue weighted by atomic mass is 10.2. The molecule has 2 aromatic carbocycles. The van der Waals surface area contributed by atoms with E-state index in [0.29, 0.717) is 15.8 Å². The zero-order valence-corrected chi connectivity index (χ0v) is 16.2. The van der Waals surface area contributed by atoms with E-state index < -0.39 is 0 Å². The van der Waals surface area contributed by atoms with Crippen LogP contribution in [0.5, 0.6) is 5.75 Å². The van der Waals surface area contributed by atoms with Gasteiger partial charge in [-0.25, -0.2) is 0 Å². The zero-order valence-electron chi connectivity index (χ0n) is 13.9. The van der Waals surface area contributed by atoms with Gasteiger partial charge in [-0.1, -0.05) is 53.2 Å². The van der Waals surface area contributed by atoms with E-state index in [2.05, 4.69) is 21.7 Å². The molecular weight excluding hydrogens is 377 g/mol. The summed E-state index contributed by atoms with van der Waals surface area (Å²) in [6.07, 6.45) is 0. The first-order valence-electron chi connectivity index (χ1n) is 7.77. The molecule has 25 heavy (non-hydrogen) atoms. The third-order valence-electron chi connectivity index (χ3n) is 3.77. The summed E-state index contributed by atoms with van der Waals surface area (Å²) in [5, 5.41) is 10.9. The Hall–Kier alpha value is -1.69. The first-order valence-corrected chi connectivity index (χ1v) is 9.51. The van der Waals surface area contributed by atoms with Crippen molar-refractivity contribution in [3.05, 3.63) is 58.1 Å². The van der Waals surface area contributed by atoms with Crippen LogP contribution in [-0.4, -0.2) is 21.9 Å². The predicted molar refractivity (Wildman–Crippen MR) is 104 cm³/mol. The van der Waals surface area contributed by atoms with Crippen molar-refractivity contribution in [1.29, 1.82) is 0 Å². The first kappa shape index (κ1) is 18.1. The summed E-state index contributed by atoms with van der Waals surface area (Å²) in [6.45, 7) is 2.83. The molecule has 0 bridgehead atoms. The molecule has 0 fully saturated rings. The third-order valence-corrected chi connectivity index (χ3v) is 5.47. The predicted octanol–water partition coefficient (Wildman–Crippen LogP) is 5.57. The zero-order chi connectivity index (χ0) is 17.8. The largest absolute Gasteiger partial charge is 0.497 e. The number of aromatic nitrogens is 3. The van der Waals surface area contributed by atoms with Crippen molar-refractivity contribution in [2.24, 2.45) is 0 Å². The maximum absolute atomic E-state index is 6.25. The Labute approximate surface area is 161 Å². The molecule has 130 valence electrons. The standard InChI is InChI=1S/C18H17Cl2N3OS/c1-3-23-17(12-6-4-7-13(10-12)24-2)21-22-18(23)25-11-14-15(19)8-5-9-16(14)20/h4-10H,3,11H2,1-2H3. The Kier molecular flexibility index (Phi) is 5.89. The quantitative estimate of drug-likeness (QED) is 0.513. The summed E-state index contributed by atoms with van der Waals surface area (Å²) in [4.78, 5) is 0. The third kappa shape index (κ3) is 3.94. The van der Waals surface area contributed by atoms with Crippen molar-refractivity contribution in [3.8, 4) is 17.1 Å². The summed E-state index contributed by atoms with van der Waals surface area (Å²) in [6, 6.07) is 13.3. The second-order valence-corrected chi connectivity index (χ2v) is 7.03. The molecule has 0 aliphatic heterocycles. The highest BCUT2D eigenvalue weighted by Crippen LogP contribution is 2.32. The van der Waals surface area contributed by atoms with E-state index in [4.69, 9.17) is 27.9 Å². The van der Waals surface area contributed by atoms with E-state index in [1.54, 1.807) is 18.9 Å². The lowest BCUT2D eigenvalue weighted by molar-refractivity contribution is 0.415. The van der Waals surface area contributed by atoms with Crippen LogP contribution in [0.2, 0.25) is 10.0 Å². The van der Waals surface area contributed by atoms with Crippen molar-refractivity contribution in [3.63, 3.8) is 0 Å². The summed E-state index contributed by atoms with van der Waals surface area (Å²) in [5.41, 5.74) is 1.88. The highest BCUT2D eigenvalue weighted by molar-refractivity contribution is 7.98. The molecule has 0 amide bonds. The SMILES string of the molecule is CCn1c(SCc2c(Cl)cccc2Cl)nnc1-c1cccc(OC)c1. The molecule has 7 heteroatoms. The van der Waals surface area contributed by atoms with E-state index >= 15 is 0 Å². The van der Waals surface area contributed by atoms with Crippen LogP contribution in [0.15, 0.2) is 47.6 Å². The van der Waals surface area contributed by atoms with Crippen LogP contribution < -0.4 is 4.74 Å². The number of methoxy groups -OCH3 is 1. The van der Waals surface area contributed by atoms with Gasteiger partial charge in [0, 0.05) is 27.9 Å². The van der Waals surface area contributed by atoms with Gasteiger partial charge in [-0.05, 0) is 36.8 Å². The molecular formula is C18H17Cl2N3OS. The minimum Gasteiger partial charge on any atom is -0.497 e. The number of halogens is 2. The molecule has 4 nitrogen and oxygen atoms in total. The van der Waals surface area contributed by atoms with E-state index in [1.807, 2.05) is 42.5 Å². The minimum absolute atomic E-state index is 0.634. The summed E-state index contributed by atoms with van der Waals surface area (Å²) < 4.78 is 7.37. The average Bonchev–Trinajstić information content (AvgIpc) is 3.04. The van der Waals surface area contributed by atoms with Gasteiger partial charge >= 0.3 is 0 Å². The molecule has 0 aliphatic carbocycles. The lowest BCUT2D eigenvalue weighted by Gasteiger charge is -2.09. The molecule has 1 aromatic heterocycles. The van der Waals surface area contributed by atoms with Crippen LogP contribution in [0.25, 0.3) is 11.4 Å². The fraction of sp³-hybridized carbons (Fsp3) is 0.222. The van der Waals surface area contributed by atoms with Crippen molar-refractivity contribution < 1.29 is 4.74 Å². The molecule has 0 aliphatic rings. The van der Waals surface area contributed by atoms with Crippen LogP contribution in [0, 0.1) is 0 Å². The van der Waals surface area contributed by atoms with Gasteiger partial charge in [0.15, 0.2) is 11.0 Å². The second-order valence-electron chi connectivity index (χ2n) is 5.27. The average molecular weight is 394 g/mol. The Bertz CT molecular complexity index is 862. The number of hydrogen-bond acceptors (Lipinski definition) is 4. The molecule has 0 saturated heterocycles. The number of hydrogen-bond donors (Lipinski definition) is 0. The lowest BCUT2D eigenvalue weighted by Crippen LogP contribution is -2.00. The van der Waals surface area contributed by atoms with Crippen molar-refractivity contribution in [2.45, 2.75) is 24.4 Å². The number of rotatable bonds is 6. The Balaban J connectivity index is 1.87. The first-order chi connectivity index (χ1) is 12.1. The molecule has 0 spiro atoms. The van der Waals surface area contributed by atoms with Gasteiger partial charge in [0.05, 0.1) is 7.11 Å². The fourth-order valence-electron chi connectivity index (χ4n) is 2.46. The van der Waals surface area contributed by atoms with Crippen molar-refractivity contribution in [2.75, 3.05) is 7.11 Å². The topological polar surface area (TPSA) is 39.9 Å². The molecule has 1 heterocycles. The van der Waals surface area contributed by atoms with Gasteiger partial charge in [-0.15, -0.1) is 10.2 Å². The maximum atomic E-state index is 6.25. The molecule has 0 unspecified atom stereocenters. The summed E-state index contributed by atoms with van der Waals surface area (Å²) >= 11 is 14.1. The summed E-state index contributed by atoms with van der Waals surface area (Å²) in [5.74, 6) is 2.24. The van der Waals surface area contributed by atoms with E-state index in [1.165, 1.54) is 0 Å². The van der Waals surface area contributed by atoms with Crippen molar-refractivity contribution in [1.82, 2.24) is 14.8 Å². The van der Waals surface area contributed by atoms with Crippen molar-refractivity contribution >= 4 is 35.0 Å². The molecule has 3 rings (SSSR count). The van der Waals surface area contributed by atoms with Crippen LogP contribution in [-0.2, 0) is 12.3 Å². The maximum Gasteiger partial charge on any atom is 0.191 e. The van der Waals surface area contributed by atoms with Gasteiger partial charge < -0.3 is 9.30 Å². The fourth-order valence-corrected chi connectivity index (χ4v) is 4.21. The van der Waals surface area contributed by atoms with Crippen LogP contribution >= 0.6 is 35.0 Å². The Morgan fingerprint density at radius 1 is 1.08 bits per heavy atom. The summed E-state index contributed by atoms with van der Waals surface area (Å²) in [7, 11) is 1.65. The highest BCUT2D eigenvalue weighted by atomic mass is 35.5. The molecule has 0 N–H and O–H groups in total. The number of ether oxygens (including phenoxy) is 1. The second kappa shape index (κ2) is 8.13. The van der Waals surface area contributed by atoms with E-state index in [-0.39, 0.29) is 0 Å². The van der Waals surface area contributed by atoms with Gasteiger partial charge in [0.1, 0.15) is 5.75 Å². The Morgan fingerprint density at radius 2 is 1.80 bits per heavy atom.